The van der Waals surface area contributed by atoms with Crippen LogP contribution in [0.3, 0.4) is 0 Å². The third-order valence-electron chi connectivity index (χ3n) is 4.22. The van der Waals surface area contributed by atoms with Crippen LogP contribution in [0.25, 0.3) is 0 Å². The Morgan fingerprint density at radius 3 is 2.42 bits per heavy atom. The molecule has 6 nitrogen and oxygen atoms in total. The van der Waals surface area contributed by atoms with E-state index in [1.807, 2.05) is 30.3 Å². The van der Waals surface area contributed by atoms with Gasteiger partial charge in [0, 0.05) is 17.7 Å². The Kier molecular flexibility index (Phi) is 4.38. The minimum absolute atomic E-state index is 0.0821. The Balaban J connectivity index is 1.93. The first kappa shape index (κ1) is 16.6. The molecule has 3 rings (SSSR count). The highest BCUT2D eigenvalue weighted by Crippen LogP contribution is 2.41. The molecule has 0 aromatic heterocycles. The van der Waals surface area contributed by atoms with Gasteiger partial charge < -0.3 is 0 Å². The summed E-state index contributed by atoms with van der Waals surface area (Å²) < 4.78 is 28.1. The number of rotatable bonds is 6. The first-order valence-corrected chi connectivity index (χ1v) is 9.19. The molecule has 24 heavy (non-hydrogen) atoms. The molecule has 1 saturated carbocycles. The molecule has 0 bridgehead atoms. The minimum Gasteiger partial charge on any atom is -0.258 e. The molecule has 1 fully saturated rings. The average molecular weight is 346 g/mol. The molecule has 0 saturated heterocycles. The summed E-state index contributed by atoms with van der Waals surface area (Å²) in [7, 11) is -3.84. The molecule has 2 aromatic rings. The van der Waals surface area contributed by atoms with Crippen molar-refractivity contribution in [3.05, 3.63) is 69.8 Å². The number of aryl methyl sites for hydroxylation is 1. The van der Waals surface area contributed by atoms with Crippen molar-refractivity contribution < 1.29 is 13.3 Å². The van der Waals surface area contributed by atoms with Crippen LogP contribution in [0.1, 0.15) is 30.0 Å². The predicted molar refractivity (Wildman–Crippen MR) is 90.1 cm³/mol. The molecule has 7 heteroatoms. The van der Waals surface area contributed by atoms with Crippen LogP contribution in [0.2, 0.25) is 0 Å². The summed E-state index contributed by atoms with van der Waals surface area (Å²) in [5.41, 5.74) is 1.14. The van der Waals surface area contributed by atoms with Crippen LogP contribution in [0.5, 0.6) is 0 Å². The quantitative estimate of drug-likeness (QED) is 0.642. The summed E-state index contributed by atoms with van der Waals surface area (Å²) in [5, 5.41) is 11.1. The van der Waals surface area contributed by atoms with Crippen LogP contribution >= 0.6 is 0 Å². The van der Waals surface area contributed by atoms with Gasteiger partial charge in [-0.2, -0.15) is 0 Å². The molecule has 126 valence electrons. The highest BCUT2D eigenvalue weighted by atomic mass is 32.2. The molecular weight excluding hydrogens is 328 g/mol. The van der Waals surface area contributed by atoms with Crippen LogP contribution in [0.15, 0.2) is 53.4 Å². The highest BCUT2D eigenvalue weighted by Gasteiger charge is 2.35. The van der Waals surface area contributed by atoms with Gasteiger partial charge in [-0.15, -0.1) is 0 Å². The van der Waals surface area contributed by atoms with Gasteiger partial charge in [0.25, 0.3) is 5.69 Å². The number of benzene rings is 2. The summed E-state index contributed by atoms with van der Waals surface area (Å²) in [5.74, 6) is 0.266. The summed E-state index contributed by atoms with van der Waals surface area (Å²) >= 11 is 0. The number of hydrogen-bond donors (Lipinski definition) is 1. The average Bonchev–Trinajstić information content (AvgIpc) is 3.38. The Morgan fingerprint density at radius 1 is 1.17 bits per heavy atom. The maximum atomic E-state index is 12.7. The molecule has 0 heterocycles. The predicted octanol–water partition coefficient (Wildman–Crippen LogP) is 3.33. The molecule has 0 spiro atoms. The van der Waals surface area contributed by atoms with Crippen molar-refractivity contribution in [2.75, 3.05) is 0 Å². The summed E-state index contributed by atoms with van der Waals surface area (Å²) in [6.45, 7) is 1.58. The lowest BCUT2D eigenvalue weighted by atomic mass is 10.0. The standard InChI is InChI=1S/C17H18N2O4S/c1-12-7-10-15(11-16(12)19(20)21)24(22,23)18-17(14-8-9-14)13-5-3-2-4-6-13/h2-7,10-11,14,17-18H,8-9H2,1H3. The zero-order valence-electron chi connectivity index (χ0n) is 13.2. The monoisotopic (exact) mass is 346 g/mol. The summed E-state index contributed by atoms with van der Waals surface area (Å²) in [6.07, 6.45) is 1.94. The fourth-order valence-corrected chi connectivity index (χ4v) is 4.03. The van der Waals surface area contributed by atoms with Gasteiger partial charge in [0.1, 0.15) is 0 Å². The number of nitrogens with zero attached hydrogens (tertiary/aromatic N) is 1. The van der Waals surface area contributed by atoms with Crippen LogP contribution in [-0.4, -0.2) is 13.3 Å². The van der Waals surface area contributed by atoms with Gasteiger partial charge in [-0.05, 0) is 37.3 Å². The summed E-state index contributed by atoms with van der Waals surface area (Å²) in [6, 6.07) is 13.1. The van der Waals surface area contributed by atoms with Crippen LogP contribution in [-0.2, 0) is 10.0 Å². The summed E-state index contributed by atoms with van der Waals surface area (Å²) in [4.78, 5) is 10.4. The Morgan fingerprint density at radius 2 is 1.83 bits per heavy atom. The van der Waals surface area contributed by atoms with E-state index in [2.05, 4.69) is 4.72 Å². The second kappa shape index (κ2) is 6.33. The maximum Gasteiger partial charge on any atom is 0.273 e. The number of nitrogens with one attached hydrogen (secondary N) is 1. The Hall–Kier alpha value is -2.25. The fraction of sp³-hybridized carbons (Fsp3) is 0.294. The molecular formula is C17H18N2O4S. The second-order valence-electron chi connectivity index (χ2n) is 6.05. The number of nitro benzene ring substituents is 1. The van der Waals surface area contributed by atoms with Crippen molar-refractivity contribution in [2.45, 2.75) is 30.7 Å². The minimum atomic E-state index is -3.84. The lowest BCUT2D eigenvalue weighted by molar-refractivity contribution is -0.385. The van der Waals surface area contributed by atoms with Crippen molar-refractivity contribution in [1.29, 1.82) is 0 Å². The van der Waals surface area contributed by atoms with E-state index in [0.29, 0.717) is 5.56 Å². The first-order valence-electron chi connectivity index (χ1n) is 7.71. The molecule has 0 aliphatic heterocycles. The van der Waals surface area contributed by atoms with E-state index in [0.717, 1.165) is 24.5 Å². The number of nitro groups is 1. The molecule has 2 aromatic carbocycles. The number of sulfonamides is 1. The molecule has 1 aliphatic rings. The van der Waals surface area contributed by atoms with E-state index in [1.165, 1.54) is 12.1 Å². The third-order valence-corrected chi connectivity index (χ3v) is 5.66. The normalized spacial score (nSPS) is 15.9. The lowest BCUT2D eigenvalue weighted by Crippen LogP contribution is -2.30. The van der Waals surface area contributed by atoms with Gasteiger partial charge in [-0.3, -0.25) is 10.1 Å². The van der Waals surface area contributed by atoms with E-state index in [4.69, 9.17) is 0 Å². The molecule has 1 atom stereocenters. The second-order valence-corrected chi connectivity index (χ2v) is 7.77. The Labute approximate surface area is 140 Å². The topological polar surface area (TPSA) is 89.3 Å². The SMILES string of the molecule is Cc1ccc(S(=O)(=O)NC(c2ccccc2)C2CC2)cc1[N+](=O)[O-]. The van der Waals surface area contributed by atoms with E-state index < -0.39 is 14.9 Å². The van der Waals surface area contributed by atoms with Crippen molar-refractivity contribution in [2.24, 2.45) is 5.92 Å². The van der Waals surface area contributed by atoms with Crippen molar-refractivity contribution in [1.82, 2.24) is 4.72 Å². The van der Waals surface area contributed by atoms with Gasteiger partial charge in [-0.25, -0.2) is 13.1 Å². The lowest BCUT2D eigenvalue weighted by Gasteiger charge is -2.19. The van der Waals surface area contributed by atoms with Crippen LogP contribution in [0.4, 0.5) is 5.69 Å². The van der Waals surface area contributed by atoms with Gasteiger partial charge in [-0.1, -0.05) is 36.4 Å². The van der Waals surface area contributed by atoms with Crippen LogP contribution in [0, 0.1) is 23.0 Å². The van der Waals surface area contributed by atoms with Crippen molar-refractivity contribution >= 4 is 15.7 Å². The van der Waals surface area contributed by atoms with Crippen molar-refractivity contribution in [3.63, 3.8) is 0 Å². The smallest absolute Gasteiger partial charge is 0.258 e. The maximum absolute atomic E-state index is 12.7. The zero-order valence-corrected chi connectivity index (χ0v) is 14.0. The number of hydrogen-bond acceptors (Lipinski definition) is 4. The van der Waals surface area contributed by atoms with Gasteiger partial charge in [0.15, 0.2) is 0 Å². The van der Waals surface area contributed by atoms with E-state index in [-0.39, 0.29) is 22.5 Å². The van der Waals surface area contributed by atoms with Gasteiger partial charge >= 0.3 is 0 Å². The third kappa shape index (κ3) is 3.47. The molecule has 1 unspecified atom stereocenters. The largest absolute Gasteiger partial charge is 0.273 e. The van der Waals surface area contributed by atoms with E-state index in [9.17, 15) is 18.5 Å². The zero-order chi connectivity index (χ0) is 17.3. The van der Waals surface area contributed by atoms with Gasteiger partial charge in [0.2, 0.25) is 10.0 Å². The fourth-order valence-electron chi connectivity index (χ4n) is 2.71. The van der Waals surface area contributed by atoms with Gasteiger partial charge in [0.05, 0.1) is 9.82 Å². The molecule has 0 radical (unpaired) electrons. The van der Waals surface area contributed by atoms with Crippen molar-refractivity contribution in [3.8, 4) is 0 Å². The van der Waals surface area contributed by atoms with E-state index >= 15 is 0 Å². The molecule has 0 amide bonds. The Bertz CT molecular complexity index is 861. The van der Waals surface area contributed by atoms with Crippen LogP contribution < -0.4 is 4.72 Å². The molecule has 1 aliphatic carbocycles. The van der Waals surface area contributed by atoms with E-state index in [1.54, 1.807) is 6.92 Å². The molecule has 1 N–H and O–H groups in total. The highest BCUT2D eigenvalue weighted by molar-refractivity contribution is 7.89. The first-order chi connectivity index (χ1) is 11.4.